The van der Waals surface area contributed by atoms with Crippen LogP contribution in [0, 0.1) is 0 Å². The minimum absolute atomic E-state index is 0.117. The molecule has 0 fully saturated rings. The third kappa shape index (κ3) is 7.11. The molecule has 0 amide bonds. The molecule has 0 saturated carbocycles. The molecule has 3 aromatic rings. The van der Waals surface area contributed by atoms with Crippen molar-refractivity contribution in [2.45, 2.75) is 12.5 Å². The Labute approximate surface area is 181 Å². The molecule has 31 heavy (non-hydrogen) atoms. The van der Waals surface area contributed by atoms with Crippen LogP contribution in [0.5, 0.6) is 11.5 Å². The standard InChI is InChI=1S/C21H20AsN3O6/c23-20(21(26)27)14-15-6-10-18(11-7-15)30-22(28,29)31-19-12-8-17(9-13-19)25-24-16-4-2-1-3-5-16/h1-13,20H,14,23H2,(H,26,27)(H,28,29)/t20-/m0/s1. The molecule has 0 saturated heterocycles. The summed E-state index contributed by atoms with van der Waals surface area (Å²) in [5.41, 5.74) is 7.40. The molecule has 3 aromatic carbocycles. The van der Waals surface area contributed by atoms with E-state index in [1.165, 1.54) is 24.3 Å². The van der Waals surface area contributed by atoms with Gasteiger partial charge in [0, 0.05) is 0 Å². The molecule has 0 aromatic heterocycles. The van der Waals surface area contributed by atoms with E-state index in [1.54, 1.807) is 24.3 Å². The van der Waals surface area contributed by atoms with Crippen LogP contribution in [0.25, 0.3) is 0 Å². The van der Waals surface area contributed by atoms with Gasteiger partial charge in [-0.25, -0.2) is 0 Å². The van der Waals surface area contributed by atoms with Crippen LogP contribution >= 0.6 is 0 Å². The summed E-state index contributed by atoms with van der Waals surface area (Å²) in [6.07, 6.45) is 0.127. The third-order valence-corrected chi connectivity index (χ3v) is 5.86. The molecular formula is C21H20AsN3O6. The number of hydrogen-bond donors (Lipinski definition) is 3. The van der Waals surface area contributed by atoms with Crippen molar-refractivity contribution < 1.29 is 25.2 Å². The molecule has 4 N–H and O–H groups in total. The summed E-state index contributed by atoms with van der Waals surface area (Å²) in [6, 6.07) is 20.4. The number of carboxylic acid groups (broad SMARTS) is 1. The van der Waals surface area contributed by atoms with Crippen molar-refractivity contribution in [1.29, 1.82) is 0 Å². The van der Waals surface area contributed by atoms with Gasteiger partial charge in [-0.1, -0.05) is 0 Å². The predicted octanol–water partition coefficient (Wildman–Crippen LogP) is 3.37. The van der Waals surface area contributed by atoms with Crippen molar-refractivity contribution in [3.63, 3.8) is 0 Å². The van der Waals surface area contributed by atoms with Crippen molar-refractivity contribution in [1.82, 2.24) is 0 Å². The SMILES string of the molecule is N[C@@H](Cc1ccc(O[As](=O)(O)Oc2ccc(N=Nc3ccccc3)cc2)cc1)C(=O)O. The van der Waals surface area contributed by atoms with Crippen LogP contribution in [-0.4, -0.2) is 35.7 Å². The normalized spacial score (nSPS) is 14.0. The molecule has 160 valence electrons. The maximum atomic E-state index is 12.3. The average molecular weight is 485 g/mol. The molecule has 0 aliphatic heterocycles. The Balaban J connectivity index is 1.58. The van der Waals surface area contributed by atoms with Crippen LogP contribution in [0.15, 0.2) is 89.1 Å². The molecule has 1 unspecified atom stereocenters. The van der Waals surface area contributed by atoms with E-state index < -0.39 is 26.5 Å². The van der Waals surface area contributed by atoms with Crippen molar-refractivity contribution >= 4 is 31.9 Å². The fraction of sp³-hybridized carbons (Fsp3) is 0.0952. The van der Waals surface area contributed by atoms with Gasteiger partial charge in [-0.05, 0) is 0 Å². The first kappa shape index (κ1) is 22.3. The fourth-order valence-electron chi connectivity index (χ4n) is 2.50. The number of azo groups is 1. The monoisotopic (exact) mass is 485 g/mol. The van der Waals surface area contributed by atoms with E-state index in [0.29, 0.717) is 16.9 Å². The summed E-state index contributed by atoms with van der Waals surface area (Å²) in [5, 5.41) is 17.0. The van der Waals surface area contributed by atoms with Crippen molar-refractivity contribution in [3.05, 3.63) is 84.4 Å². The Bertz CT molecular complexity index is 1090. The number of hydrogen-bond acceptors (Lipinski definition) is 7. The number of nitrogens with two attached hydrogens (primary N) is 1. The van der Waals surface area contributed by atoms with Gasteiger partial charge in [0.05, 0.1) is 0 Å². The molecule has 0 bridgehead atoms. The minimum atomic E-state index is -5.14. The van der Waals surface area contributed by atoms with Gasteiger partial charge in [0.1, 0.15) is 0 Å². The zero-order valence-corrected chi connectivity index (χ0v) is 18.1. The topological polar surface area (TPSA) is 144 Å². The molecule has 0 spiro atoms. The van der Waals surface area contributed by atoms with Gasteiger partial charge >= 0.3 is 181 Å². The van der Waals surface area contributed by atoms with Gasteiger partial charge in [-0.2, -0.15) is 0 Å². The molecule has 3 rings (SSSR count). The first-order chi connectivity index (χ1) is 14.8. The van der Waals surface area contributed by atoms with Gasteiger partial charge in [0.2, 0.25) is 0 Å². The van der Waals surface area contributed by atoms with Gasteiger partial charge < -0.3 is 0 Å². The summed E-state index contributed by atoms with van der Waals surface area (Å²) >= 11 is -5.14. The van der Waals surface area contributed by atoms with E-state index in [9.17, 15) is 12.6 Å². The first-order valence-electron chi connectivity index (χ1n) is 9.17. The van der Waals surface area contributed by atoms with Crippen LogP contribution < -0.4 is 13.2 Å². The van der Waals surface area contributed by atoms with Gasteiger partial charge in [-0.3, -0.25) is 0 Å². The molecule has 0 radical (unpaired) electrons. The summed E-state index contributed by atoms with van der Waals surface area (Å²) in [6.45, 7) is 0. The Hall–Kier alpha value is -3.39. The van der Waals surface area contributed by atoms with Crippen molar-refractivity contribution in [3.8, 4) is 11.5 Å². The van der Waals surface area contributed by atoms with Crippen molar-refractivity contribution in [2.24, 2.45) is 16.0 Å². The van der Waals surface area contributed by atoms with E-state index in [4.69, 9.17) is 18.3 Å². The second-order valence-electron chi connectivity index (χ2n) is 6.47. The molecule has 9 nitrogen and oxygen atoms in total. The van der Waals surface area contributed by atoms with Crippen LogP contribution in [0.1, 0.15) is 5.56 Å². The van der Waals surface area contributed by atoms with Crippen LogP contribution in [0.2, 0.25) is 0 Å². The molecular weight excluding hydrogens is 465 g/mol. The number of carboxylic acids is 1. The van der Waals surface area contributed by atoms with E-state index in [0.717, 1.165) is 0 Å². The Kier molecular flexibility index (Phi) is 7.25. The Morgan fingerprint density at radius 2 is 1.35 bits per heavy atom. The second kappa shape index (κ2) is 10.1. The average Bonchev–Trinajstić information content (AvgIpc) is 2.75. The van der Waals surface area contributed by atoms with Crippen LogP contribution in [-0.2, 0) is 15.0 Å². The predicted molar refractivity (Wildman–Crippen MR) is 113 cm³/mol. The Morgan fingerprint density at radius 3 is 1.87 bits per heavy atom. The number of benzene rings is 3. The van der Waals surface area contributed by atoms with E-state index in [1.807, 2.05) is 30.3 Å². The summed E-state index contributed by atoms with van der Waals surface area (Å²) in [7, 11) is 0. The van der Waals surface area contributed by atoms with Gasteiger partial charge in [0.15, 0.2) is 0 Å². The zero-order chi connectivity index (χ0) is 22.3. The number of aliphatic carboxylic acids is 1. The maximum absolute atomic E-state index is 12.3. The number of nitrogens with zero attached hydrogens (tertiary/aromatic N) is 2. The van der Waals surface area contributed by atoms with Crippen LogP contribution in [0.4, 0.5) is 11.4 Å². The molecule has 0 aliphatic rings. The molecule has 10 heteroatoms. The summed E-state index contributed by atoms with van der Waals surface area (Å²) < 4.78 is 32.6. The quantitative estimate of drug-likeness (QED) is 0.311. The Morgan fingerprint density at radius 1 is 0.871 bits per heavy atom. The second-order valence-corrected chi connectivity index (χ2v) is 9.21. The van der Waals surface area contributed by atoms with E-state index in [-0.39, 0.29) is 17.9 Å². The zero-order valence-electron chi connectivity index (χ0n) is 16.2. The van der Waals surface area contributed by atoms with Gasteiger partial charge in [-0.15, -0.1) is 0 Å². The molecule has 0 heterocycles. The molecule has 2 atom stereocenters. The first-order valence-corrected chi connectivity index (χ1v) is 12.3. The van der Waals surface area contributed by atoms with Crippen LogP contribution in [0.3, 0.4) is 0 Å². The number of carbonyl (C=O) groups is 1. The third-order valence-electron chi connectivity index (χ3n) is 4.01. The summed E-state index contributed by atoms with van der Waals surface area (Å²) in [4.78, 5) is 10.8. The molecule has 0 aliphatic carbocycles. The fourth-order valence-corrected chi connectivity index (χ4v) is 4.20. The summed E-state index contributed by atoms with van der Waals surface area (Å²) in [5.74, 6) is -0.844. The van der Waals surface area contributed by atoms with E-state index >= 15 is 0 Å². The van der Waals surface area contributed by atoms with E-state index in [2.05, 4.69) is 10.2 Å². The number of rotatable bonds is 9. The van der Waals surface area contributed by atoms with Crippen molar-refractivity contribution in [2.75, 3.05) is 0 Å². The van der Waals surface area contributed by atoms with Gasteiger partial charge in [0.25, 0.3) is 0 Å².